The van der Waals surface area contributed by atoms with Crippen molar-refractivity contribution in [2.75, 3.05) is 32.0 Å². The largest absolute Gasteiger partial charge is 0.357 e. The number of aryl methyl sites for hydroxylation is 2. The van der Waals surface area contributed by atoms with Crippen LogP contribution in [0.15, 0.2) is 42.5 Å². The zero-order valence-electron chi connectivity index (χ0n) is 19.8. The van der Waals surface area contributed by atoms with Crippen LogP contribution in [0.4, 0.5) is 5.69 Å². The molecule has 0 spiro atoms. The van der Waals surface area contributed by atoms with Crippen molar-refractivity contribution in [3.8, 4) is 0 Å². The summed E-state index contributed by atoms with van der Waals surface area (Å²) in [6.45, 7) is 4.87. The molecule has 0 aromatic heterocycles. The third-order valence-corrected chi connectivity index (χ3v) is 7.35. The van der Waals surface area contributed by atoms with Crippen LogP contribution in [0.1, 0.15) is 23.6 Å². The van der Waals surface area contributed by atoms with Crippen molar-refractivity contribution < 1.29 is 18.0 Å². The fraction of sp³-hybridized carbons (Fsp3) is 0.391. The number of anilines is 1. The molecule has 1 unspecified atom stereocenters. The van der Waals surface area contributed by atoms with E-state index in [1.165, 1.54) is 26.0 Å². The Bertz CT molecular complexity index is 1120. The summed E-state index contributed by atoms with van der Waals surface area (Å²) >= 11 is 6.09. The summed E-state index contributed by atoms with van der Waals surface area (Å²) in [5, 5.41) is 3.05. The first-order valence-electron chi connectivity index (χ1n) is 10.4. The van der Waals surface area contributed by atoms with Crippen molar-refractivity contribution in [2.45, 2.75) is 33.4 Å². The van der Waals surface area contributed by atoms with Crippen molar-refractivity contribution >= 4 is 39.3 Å². The summed E-state index contributed by atoms with van der Waals surface area (Å²) in [6, 6.07) is 11.6. The molecule has 0 aliphatic rings. The van der Waals surface area contributed by atoms with E-state index in [-0.39, 0.29) is 12.5 Å². The van der Waals surface area contributed by atoms with Crippen molar-refractivity contribution in [3.63, 3.8) is 0 Å². The normalized spacial score (nSPS) is 12.4. The van der Waals surface area contributed by atoms with E-state index < -0.39 is 28.7 Å². The number of benzene rings is 2. The van der Waals surface area contributed by atoms with E-state index in [0.29, 0.717) is 16.3 Å². The second-order valence-corrected chi connectivity index (χ2v) is 10.5. The number of hydrogen-bond acceptors (Lipinski definition) is 4. The summed E-state index contributed by atoms with van der Waals surface area (Å²) in [7, 11) is 0.316. The SMILES string of the molecule is CNC(=O)C(C)N(Cc1cccc(Cl)c1)C(=O)CN(c1cc(C)ccc1C)S(=O)(=O)N(C)C. The lowest BCUT2D eigenvalue weighted by Gasteiger charge is -2.33. The van der Waals surface area contributed by atoms with Crippen molar-refractivity contribution in [2.24, 2.45) is 0 Å². The molecule has 8 nitrogen and oxygen atoms in total. The third-order valence-electron chi connectivity index (χ3n) is 5.31. The maximum absolute atomic E-state index is 13.5. The van der Waals surface area contributed by atoms with E-state index in [4.69, 9.17) is 11.6 Å². The highest BCUT2D eigenvalue weighted by Gasteiger charge is 2.33. The molecule has 33 heavy (non-hydrogen) atoms. The second-order valence-electron chi connectivity index (χ2n) is 8.03. The summed E-state index contributed by atoms with van der Waals surface area (Å²) in [5.41, 5.74) is 2.70. The minimum atomic E-state index is -3.99. The van der Waals surface area contributed by atoms with Crippen molar-refractivity contribution in [3.05, 3.63) is 64.2 Å². The van der Waals surface area contributed by atoms with E-state index in [0.717, 1.165) is 19.7 Å². The summed E-state index contributed by atoms with van der Waals surface area (Å²) < 4.78 is 28.5. The third kappa shape index (κ3) is 6.46. The lowest BCUT2D eigenvalue weighted by molar-refractivity contribution is -0.139. The highest BCUT2D eigenvalue weighted by atomic mass is 35.5. The van der Waals surface area contributed by atoms with Crippen LogP contribution in [-0.4, -0.2) is 63.2 Å². The van der Waals surface area contributed by atoms with Gasteiger partial charge in [-0.3, -0.25) is 9.59 Å². The fourth-order valence-electron chi connectivity index (χ4n) is 3.31. The topological polar surface area (TPSA) is 90.0 Å². The number of hydrogen-bond donors (Lipinski definition) is 1. The van der Waals surface area contributed by atoms with E-state index in [1.807, 2.05) is 19.1 Å². The second kappa shape index (κ2) is 11.0. The molecule has 0 bridgehead atoms. The number of carbonyl (C=O) groups excluding carboxylic acids is 2. The Balaban J connectivity index is 2.51. The van der Waals surface area contributed by atoms with Gasteiger partial charge in [0.25, 0.3) is 0 Å². The first-order valence-corrected chi connectivity index (χ1v) is 12.2. The molecular formula is C23H31ClN4O4S. The van der Waals surface area contributed by atoms with E-state index >= 15 is 0 Å². The van der Waals surface area contributed by atoms with Gasteiger partial charge in [-0.25, -0.2) is 4.31 Å². The van der Waals surface area contributed by atoms with Gasteiger partial charge in [-0.15, -0.1) is 0 Å². The Morgan fingerprint density at radius 3 is 2.33 bits per heavy atom. The highest BCUT2D eigenvalue weighted by molar-refractivity contribution is 7.90. The highest BCUT2D eigenvalue weighted by Crippen LogP contribution is 2.26. The molecule has 0 saturated carbocycles. The fourth-order valence-corrected chi connectivity index (χ4v) is 4.64. The van der Waals surface area contributed by atoms with Crippen LogP contribution in [0.5, 0.6) is 0 Å². The molecule has 0 aliphatic heterocycles. The molecule has 2 aromatic carbocycles. The van der Waals surface area contributed by atoms with Gasteiger partial charge in [0.2, 0.25) is 11.8 Å². The maximum Gasteiger partial charge on any atom is 0.304 e. The first-order chi connectivity index (χ1) is 15.4. The van der Waals surface area contributed by atoms with Crippen LogP contribution >= 0.6 is 11.6 Å². The van der Waals surface area contributed by atoms with Gasteiger partial charge in [-0.2, -0.15) is 12.7 Å². The molecule has 2 amide bonds. The van der Waals surface area contributed by atoms with Gasteiger partial charge in [0.15, 0.2) is 0 Å². The molecule has 2 rings (SSSR count). The average molecular weight is 495 g/mol. The monoisotopic (exact) mass is 494 g/mol. The number of amides is 2. The number of nitrogens with zero attached hydrogens (tertiary/aromatic N) is 3. The molecule has 0 aliphatic carbocycles. The summed E-state index contributed by atoms with van der Waals surface area (Å²) in [5.74, 6) is -0.878. The van der Waals surface area contributed by atoms with Crippen LogP contribution < -0.4 is 9.62 Å². The smallest absolute Gasteiger partial charge is 0.304 e. The Morgan fingerprint density at radius 1 is 1.09 bits per heavy atom. The Morgan fingerprint density at radius 2 is 1.76 bits per heavy atom. The number of likely N-dealkylation sites (N-methyl/N-ethyl adjacent to an activating group) is 1. The lowest BCUT2D eigenvalue weighted by atomic mass is 10.1. The molecule has 1 atom stereocenters. The minimum Gasteiger partial charge on any atom is -0.357 e. The lowest BCUT2D eigenvalue weighted by Crippen LogP contribution is -2.52. The molecule has 0 radical (unpaired) electrons. The Kier molecular flexibility index (Phi) is 8.88. The van der Waals surface area contributed by atoms with E-state index in [2.05, 4.69) is 5.32 Å². The molecule has 0 saturated heterocycles. The molecule has 0 fully saturated rings. The molecule has 0 heterocycles. The standard InChI is InChI=1S/C23H31ClN4O4S/c1-16-10-11-17(2)21(12-16)28(33(31,32)26(5)6)15-22(29)27(18(3)23(30)25-4)14-19-8-7-9-20(24)13-19/h7-13,18H,14-15H2,1-6H3,(H,25,30). The predicted octanol–water partition coefficient (Wildman–Crippen LogP) is 2.73. The molecule has 180 valence electrons. The van der Waals surface area contributed by atoms with E-state index in [1.54, 1.807) is 44.2 Å². The number of rotatable bonds is 9. The molecule has 2 aromatic rings. The van der Waals surface area contributed by atoms with Gasteiger partial charge in [0.1, 0.15) is 12.6 Å². The molecule has 1 N–H and O–H groups in total. The Hall–Kier alpha value is -2.62. The van der Waals surface area contributed by atoms with Gasteiger partial charge in [-0.1, -0.05) is 35.9 Å². The van der Waals surface area contributed by atoms with Crippen molar-refractivity contribution in [1.82, 2.24) is 14.5 Å². The predicted molar refractivity (Wildman–Crippen MR) is 131 cm³/mol. The summed E-state index contributed by atoms with van der Waals surface area (Å²) in [4.78, 5) is 27.3. The maximum atomic E-state index is 13.5. The van der Waals surface area contributed by atoms with Gasteiger partial charge in [0.05, 0.1) is 5.69 Å². The Labute approximate surface area is 201 Å². The number of nitrogens with one attached hydrogen (secondary N) is 1. The molecule has 10 heteroatoms. The van der Waals surface area contributed by atoms with Gasteiger partial charge >= 0.3 is 10.2 Å². The van der Waals surface area contributed by atoms with Crippen LogP contribution in [0.2, 0.25) is 5.02 Å². The molecular weight excluding hydrogens is 464 g/mol. The van der Waals surface area contributed by atoms with Crippen LogP contribution in [0, 0.1) is 13.8 Å². The quantitative estimate of drug-likeness (QED) is 0.580. The van der Waals surface area contributed by atoms with Crippen LogP contribution in [0.25, 0.3) is 0 Å². The van der Waals surface area contributed by atoms with E-state index in [9.17, 15) is 18.0 Å². The zero-order valence-corrected chi connectivity index (χ0v) is 21.4. The first kappa shape index (κ1) is 26.6. The van der Waals surface area contributed by atoms with Gasteiger partial charge in [-0.05, 0) is 55.7 Å². The zero-order chi connectivity index (χ0) is 24.9. The number of carbonyl (C=O) groups is 2. The minimum absolute atomic E-state index is 0.0939. The van der Waals surface area contributed by atoms with Crippen LogP contribution in [-0.2, 0) is 26.3 Å². The number of halogens is 1. The summed E-state index contributed by atoms with van der Waals surface area (Å²) in [6.07, 6.45) is 0. The van der Waals surface area contributed by atoms with Crippen molar-refractivity contribution in [1.29, 1.82) is 0 Å². The van der Waals surface area contributed by atoms with Gasteiger partial charge in [0, 0.05) is 32.7 Å². The van der Waals surface area contributed by atoms with Crippen LogP contribution in [0.3, 0.4) is 0 Å². The average Bonchev–Trinajstić information content (AvgIpc) is 2.76. The van der Waals surface area contributed by atoms with Gasteiger partial charge < -0.3 is 10.2 Å².